The summed E-state index contributed by atoms with van der Waals surface area (Å²) in [6.45, 7) is 0.973. The second-order valence-electron chi connectivity index (χ2n) is 7.01. The van der Waals surface area contributed by atoms with Crippen molar-refractivity contribution < 1.29 is 4.79 Å². The summed E-state index contributed by atoms with van der Waals surface area (Å²) < 4.78 is 0. The zero-order chi connectivity index (χ0) is 15.6. The summed E-state index contributed by atoms with van der Waals surface area (Å²) in [6.07, 6.45) is 8.82. The van der Waals surface area contributed by atoms with Gasteiger partial charge < -0.3 is 15.6 Å². The molecule has 1 aliphatic heterocycles. The molecule has 2 unspecified atom stereocenters. The maximum absolute atomic E-state index is 12.3. The Labute approximate surface area is 137 Å². The monoisotopic (exact) mass is 311 g/mol. The average Bonchev–Trinajstić information content (AvgIpc) is 3.25. The van der Waals surface area contributed by atoms with Crippen molar-refractivity contribution in [3.63, 3.8) is 0 Å². The second kappa shape index (κ2) is 6.36. The molecule has 4 rings (SSSR count). The van der Waals surface area contributed by atoms with Crippen LogP contribution in [0.2, 0.25) is 0 Å². The molecular weight excluding hydrogens is 286 g/mol. The number of fused-ring (bicyclic) bond motifs is 1. The minimum Gasteiger partial charge on any atom is -0.361 e. The number of hydrogen-bond acceptors (Lipinski definition) is 2. The Hall–Kier alpha value is -1.81. The molecule has 23 heavy (non-hydrogen) atoms. The Kier molecular flexibility index (Phi) is 4.08. The highest BCUT2D eigenvalue weighted by molar-refractivity contribution is 5.84. The van der Waals surface area contributed by atoms with Gasteiger partial charge in [0.2, 0.25) is 5.91 Å². The van der Waals surface area contributed by atoms with E-state index in [2.05, 4.69) is 46.1 Å². The van der Waals surface area contributed by atoms with E-state index < -0.39 is 0 Å². The van der Waals surface area contributed by atoms with Gasteiger partial charge in [0.1, 0.15) is 0 Å². The standard InChI is InChI=1S/C19H25N3O/c23-19(18-9-4-10-20-18)22-14-6-3-5-13(11-14)16-12-21-17-8-2-1-7-15(16)17/h1-2,7-8,12-14,18,20-21H,3-6,9-11H2,(H,22,23)/t13-,14?,18?/m1/s1. The molecular formula is C19H25N3O. The Morgan fingerprint density at radius 1 is 1.13 bits per heavy atom. The number of carbonyl (C=O) groups excluding carboxylic acids is 1. The van der Waals surface area contributed by atoms with Crippen LogP contribution in [0.3, 0.4) is 0 Å². The Balaban J connectivity index is 1.45. The van der Waals surface area contributed by atoms with Crippen molar-refractivity contribution >= 4 is 16.8 Å². The molecule has 2 aromatic rings. The fourth-order valence-electron chi connectivity index (χ4n) is 4.25. The van der Waals surface area contributed by atoms with Gasteiger partial charge in [-0.25, -0.2) is 0 Å². The van der Waals surface area contributed by atoms with Crippen molar-refractivity contribution in [2.24, 2.45) is 0 Å². The van der Waals surface area contributed by atoms with Gasteiger partial charge in [0.25, 0.3) is 0 Å². The zero-order valence-electron chi connectivity index (χ0n) is 13.5. The van der Waals surface area contributed by atoms with Crippen LogP contribution in [0, 0.1) is 0 Å². The van der Waals surface area contributed by atoms with E-state index in [0.717, 1.165) is 32.2 Å². The molecule has 0 bridgehead atoms. The van der Waals surface area contributed by atoms with E-state index >= 15 is 0 Å². The molecule has 2 fully saturated rings. The third kappa shape index (κ3) is 3.00. The van der Waals surface area contributed by atoms with Gasteiger partial charge in [-0.2, -0.15) is 0 Å². The van der Waals surface area contributed by atoms with Gasteiger partial charge in [-0.1, -0.05) is 24.6 Å². The van der Waals surface area contributed by atoms with Crippen LogP contribution in [0.5, 0.6) is 0 Å². The summed E-state index contributed by atoms with van der Waals surface area (Å²) in [4.78, 5) is 15.7. The molecule has 122 valence electrons. The Morgan fingerprint density at radius 2 is 2.04 bits per heavy atom. The van der Waals surface area contributed by atoms with Gasteiger partial charge in [0.05, 0.1) is 6.04 Å². The zero-order valence-corrected chi connectivity index (χ0v) is 13.5. The first kappa shape index (κ1) is 14.8. The van der Waals surface area contributed by atoms with E-state index in [1.807, 2.05) is 0 Å². The summed E-state index contributed by atoms with van der Waals surface area (Å²) in [7, 11) is 0. The lowest BCUT2D eigenvalue weighted by atomic mass is 9.81. The van der Waals surface area contributed by atoms with Gasteiger partial charge >= 0.3 is 0 Å². The van der Waals surface area contributed by atoms with Gasteiger partial charge in [-0.05, 0) is 56.2 Å². The second-order valence-corrected chi connectivity index (χ2v) is 7.01. The fourth-order valence-corrected chi connectivity index (χ4v) is 4.25. The van der Waals surface area contributed by atoms with Crippen molar-refractivity contribution in [2.45, 2.75) is 56.5 Å². The first-order chi connectivity index (χ1) is 11.3. The van der Waals surface area contributed by atoms with E-state index in [0.29, 0.717) is 12.0 Å². The number of amides is 1. The average molecular weight is 311 g/mol. The van der Waals surface area contributed by atoms with Crippen LogP contribution < -0.4 is 10.6 Å². The van der Waals surface area contributed by atoms with Crippen LogP contribution in [0.1, 0.15) is 50.0 Å². The summed E-state index contributed by atoms with van der Waals surface area (Å²) >= 11 is 0. The van der Waals surface area contributed by atoms with Gasteiger partial charge in [-0.3, -0.25) is 4.79 Å². The van der Waals surface area contributed by atoms with Crippen molar-refractivity contribution in [3.8, 4) is 0 Å². The highest BCUT2D eigenvalue weighted by atomic mass is 16.2. The minimum absolute atomic E-state index is 0.0310. The van der Waals surface area contributed by atoms with E-state index in [4.69, 9.17) is 0 Å². The van der Waals surface area contributed by atoms with Gasteiger partial charge in [0.15, 0.2) is 0 Å². The van der Waals surface area contributed by atoms with Crippen molar-refractivity contribution in [1.29, 1.82) is 0 Å². The highest BCUT2D eigenvalue weighted by Crippen LogP contribution is 2.36. The van der Waals surface area contributed by atoms with Crippen LogP contribution in [-0.2, 0) is 4.79 Å². The maximum atomic E-state index is 12.3. The first-order valence-electron chi connectivity index (χ1n) is 8.91. The van der Waals surface area contributed by atoms with Crippen LogP contribution >= 0.6 is 0 Å². The number of rotatable bonds is 3. The summed E-state index contributed by atoms with van der Waals surface area (Å²) in [5, 5.41) is 7.92. The number of hydrogen-bond donors (Lipinski definition) is 3. The molecule has 3 N–H and O–H groups in total. The van der Waals surface area contributed by atoms with Crippen LogP contribution in [-0.4, -0.2) is 29.5 Å². The number of benzene rings is 1. The lowest BCUT2D eigenvalue weighted by molar-refractivity contribution is -0.123. The predicted octanol–water partition coefficient (Wildman–Crippen LogP) is 3.06. The normalized spacial score (nSPS) is 28.1. The lowest BCUT2D eigenvalue weighted by Gasteiger charge is -2.30. The summed E-state index contributed by atoms with van der Waals surface area (Å²) in [6, 6.07) is 8.86. The first-order valence-corrected chi connectivity index (χ1v) is 8.91. The number of para-hydroxylation sites is 1. The molecule has 1 aromatic carbocycles. The third-order valence-corrected chi connectivity index (χ3v) is 5.46. The quantitative estimate of drug-likeness (QED) is 0.816. The molecule has 1 saturated carbocycles. The molecule has 4 nitrogen and oxygen atoms in total. The number of aromatic nitrogens is 1. The van der Waals surface area contributed by atoms with E-state index in [-0.39, 0.29) is 11.9 Å². The largest absolute Gasteiger partial charge is 0.361 e. The molecule has 3 atom stereocenters. The molecule has 1 aliphatic carbocycles. The maximum Gasteiger partial charge on any atom is 0.237 e. The highest BCUT2D eigenvalue weighted by Gasteiger charge is 2.29. The predicted molar refractivity (Wildman–Crippen MR) is 92.5 cm³/mol. The third-order valence-electron chi connectivity index (χ3n) is 5.46. The molecule has 1 amide bonds. The number of carbonyl (C=O) groups is 1. The number of nitrogens with one attached hydrogen (secondary N) is 3. The summed E-state index contributed by atoms with van der Waals surface area (Å²) in [5.74, 6) is 0.744. The van der Waals surface area contributed by atoms with Crippen LogP contribution in [0.15, 0.2) is 30.5 Å². The van der Waals surface area contributed by atoms with E-state index in [1.54, 1.807) is 0 Å². The van der Waals surface area contributed by atoms with Gasteiger partial charge in [-0.15, -0.1) is 0 Å². The topological polar surface area (TPSA) is 56.9 Å². The number of H-pyrrole nitrogens is 1. The molecule has 1 saturated heterocycles. The molecule has 0 spiro atoms. The molecule has 2 aliphatic rings. The fraction of sp³-hybridized carbons (Fsp3) is 0.526. The smallest absolute Gasteiger partial charge is 0.237 e. The lowest BCUT2D eigenvalue weighted by Crippen LogP contribution is -2.46. The van der Waals surface area contributed by atoms with E-state index in [1.165, 1.54) is 29.3 Å². The molecule has 1 aromatic heterocycles. The Bertz CT molecular complexity index is 687. The molecule has 2 heterocycles. The van der Waals surface area contributed by atoms with Crippen LogP contribution in [0.25, 0.3) is 10.9 Å². The SMILES string of the molecule is O=C(NC1CCC[C@@H](c2c[nH]c3ccccc23)C1)C1CCCN1. The number of aromatic amines is 1. The summed E-state index contributed by atoms with van der Waals surface area (Å²) in [5.41, 5.74) is 2.63. The van der Waals surface area contributed by atoms with Crippen LogP contribution in [0.4, 0.5) is 0 Å². The van der Waals surface area contributed by atoms with Gasteiger partial charge in [0, 0.05) is 23.1 Å². The van der Waals surface area contributed by atoms with E-state index in [9.17, 15) is 4.79 Å². The molecule has 4 heteroatoms. The van der Waals surface area contributed by atoms with Crippen molar-refractivity contribution in [3.05, 3.63) is 36.0 Å². The molecule has 0 radical (unpaired) electrons. The van der Waals surface area contributed by atoms with Crippen molar-refractivity contribution in [2.75, 3.05) is 6.54 Å². The Morgan fingerprint density at radius 3 is 2.91 bits per heavy atom. The minimum atomic E-state index is 0.0310. The van der Waals surface area contributed by atoms with Crippen molar-refractivity contribution in [1.82, 2.24) is 15.6 Å².